The number of nitrogens with one attached hydrogen (secondary N) is 1. The van der Waals surface area contributed by atoms with Crippen LogP contribution in [0.15, 0.2) is 46.9 Å². The van der Waals surface area contributed by atoms with Gasteiger partial charge in [0.15, 0.2) is 11.5 Å². The van der Waals surface area contributed by atoms with Crippen LogP contribution in [0.4, 0.5) is 16.2 Å². The van der Waals surface area contributed by atoms with Gasteiger partial charge < -0.3 is 14.5 Å². The van der Waals surface area contributed by atoms with Gasteiger partial charge in [-0.2, -0.15) is 0 Å². The van der Waals surface area contributed by atoms with Crippen LogP contribution in [0.25, 0.3) is 11.1 Å². The molecule has 2 amide bonds. The van der Waals surface area contributed by atoms with Crippen molar-refractivity contribution in [3.05, 3.63) is 53.9 Å². The molecule has 1 N–H and O–H groups in total. The van der Waals surface area contributed by atoms with E-state index in [1.54, 1.807) is 49.4 Å². The minimum atomic E-state index is -0.399. The summed E-state index contributed by atoms with van der Waals surface area (Å²) >= 11 is 0. The molecule has 0 spiro atoms. The van der Waals surface area contributed by atoms with E-state index in [1.807, 2.05) is 0 Å². The maximum atomic E-state index is 12.5. The number of carbonyl (C=O) groups excluding carboxylic acids is 2. The molecule has 0 saturated carbocycles. The molecule has 3 aromatic rings. The molecule has 0 radical (unpaired) electrons. The van der Waals surface area contributed by atoms with E-state index >= 15 is 0 Å². The Kier molecular flexibility index (Phi) is 3.61. The highest BCUT2D eigenvalue weighted by molar-refractivity contribution is 6.06. The summed E-state index contributed by atoms with van der Waals surface area (Å²) in [5.41, 5.74) is 3.05. The van der Waals surface area contributed by atoms with Crippen LogP contribution in [-0.4, -0.2) is 30.1 Å². The molecule has 4 rings (SSSR count). The third-order valence-electron chi connectivity index (χ3n) is 3.93. The molecule has 1 saturated heterocycles. The van der Waals surface area contributed by atoms with E-state index in [0.717, 1.165) is 5.52 Å². The van der Waals surface area contributed by atoms with Crippen LogP contribution in [0.3, 0.4) is 0 Å². The first-order chi connectivity index (χ1) is 12.1. The van der Waals surface area contributed by atoms with Crippen LogP contribution < -0.4 is 10.2 Å². The number of ether oxygens (including phenoxy) is 1. The Labute approximate surface area is 143 Å². The van der Waals surface area contributed by atoms with E-state index in [9.17, 15) is 9.59 Å². The zero-order valence-corrected chi connectivity index (χ0v) is 13.5. The third-order valence-corrected chi connectivity index (χ3v) is 3.93. The van der Waals surface area contributed by atoms with Crippen molar-refractivity contribution in [1.29, 1.82) is 0 Å². The molecule has 0 bridgehead atoms. The minimum Gasteiger partial charge on any atom is -0.447 e. The molecule has 25 heavy (non-hydrogen) atoms. The molecule has 2 aromatic carbocycles. The Bertz CT molecular complexity index is 979. The van der Waals surface area contributed by atoms with Gasteiger partial charge in [-0.15, -0.1) is 0 Å². The van der Waals surface area contributed by atoms with Crippen LogP contribution in [0.1, 0.15) is 16.2 Å². The van der Waals surface area contributed by atoms with E-state index in [1.165, 1.54) is 4.90 Å². The molecule has 1 fully saturated rings. The van der Waals surface area contributed by atoms with Crippen molar-refractivity contribution in [2.75, 3.05) is 23.4 Å². The summed E-state index contributed by atoms with van der Waals surface area (Å²) in [5.74, 6) is 0.300. The number of amides is 2. The van der Waals surface area contributed by atoms with Gasteiger partial charge in [0.2, 0.25) is 0 Å². The fraction of sp³-hybridized carbons (Fsp3) is 0.167. The number of oxazole rings is 1. The second kappa shape index (κ2) is 5.94. The molecule has 126 valence electrons. The van der Waals surface area contributed by atoms with Gasteiger partial charge in [-0.25, -0.2) is 9.78 Å². The van der Waals surface area contributed by atoms with Gasteiger partial charge in [0.25, 0.3) is 5.91 Å². The summed E-state index contributed by atoms with van der Waals surface area (Å²) in [4.78, 5) is 29.9. The number of aryl methyl sites for hydroxylation is 1. The first-order valence-corrected chi connectivity index (χ1v) is 7.83. The highest BCUT2D eigenvalue weighted by atomic mass is 16.6. The van der Waals surface area contributed by atoms with Crippen molar-refractivity contribution in [2.24, 2.45) is 0 Å². The second-order valence-corrected chi connectivity index (χ2v) is 5.69. The number of nitrogens with zero attached hydrogens (tertiary/aromatic N) is 2. The monoisotopic (exact) mass is 337 g/mol. The molecular formula is C18H15N3O4. The molecule has 1 aliphatic rings. The van der Waals surface area contributed by atoms with Crippen LogP contribution in [0.2, 0.25) is 0 Å². The van der Waals surface area contributed by atoms with E-state index in [2.05, 4.69) is 10.3 Å². The predicted molar refractivity (Wildman–Crippen MR) is 91.8 cm³/mol. The number of rotatable bonds is 3. The lowest BCUT2D eigenvalue weighted by molar-refractivity contribution is 0.102. The standard InChI is InChI=1S/C18H15N3O4/c1-11-19-15-6-5-13(10-16(15)25-11)20-17(22)12-3-2-4-14(9-12)21-7-8-24-18(21)23/h2-6,9-10H,7-8H2,1H3,(H,20,22). The summed E-state index contributed by atoms with van der Waals surface area (Å²) in [6, 6.07) is 12.2. The number of fused-ring (bicyclic) bond motifs is 1. The molecule has 0 atom stereocenters. The van der Waals surface area contributed by atoms with Gasteiger partial charge in [-0.1, -0.05) is 6.07 Å². The summed E-state index contributed by atoms with van der Waals surface area (Å²) in [6.07, 6.45) is -0.399. The van der Waals surface area contributed by atoms with Crippen molar-refractivity contribution < 1.29 is 18.7 Å². The largest absolute Gasteiger partial charge is 0.447 e. The normalized spacial score (nSPS) is 14.0. The van der Waals surface area contributed by atoms with Crippen molar-refractivity contribution in [3.63, 3.8) is 0 Å². The number of anilines is 2. The number of cyclic esters (lactones) is 1. The summed E-state index contributed by atoms with van der Waals surface area (Å²) in [6.45, 7) is 2.60. The molecule has 0 unspecified atom stereocenters. The molecule has 1 aromatic heterocycles. The smallest absolute Gasteiger partial charge is 0.414 e. The minimum absolute atomic E-state index is 0.273. The predicted octanol–water partition coefficient (Wildman–Crippen LogP) is 3.35. The molecule has 7 nitrogen and oxygen atoms in total. The molecule has 7 heteroatoms. The zero-order valence-electron chi connectivity index (χ0n) is 13.5. The molecule has 2 heterocycles. The average Bonchev–Trinajstić information content (AvgIpc) is 3.19. The van der Waals surface area contributed by atoms with Crippen molar-refractivity contribution in [3.8, 4) is 0 Å². The van der Waals surface area contributed by atoms with Crippen LogP contribution >= 0.6 is 0 Å². The van der Waals surface area contributed by atoms with Gasteiger partial charge in [-0.05, 0) is 30.3 Å². The highest BCUT2D eigenvalue weighted by Gasteiger charge is 2.24. The topological polar surface area (TPSA) is 84.7 Å². The third kappa shape index (κ3) is 2.91. The Morgan fingerprint density at radius 3 is 2.92 bits per heavy atom. The molecular weight excluding hydrogens is 322 g/mol. The Morgan fingerprint density at radius 2 is 2.12 bits per heavy atom. The number of carbonyl (C=O) groups is 2. The molecule has 1 aliphatic heterocycles. The maximum Gasteiger partial charge on any atom is 0.414 e. The lowest BCUT2D eigenvalue weighted by atomic mass is 10.1. The van der Waals surface area contributed by atoms with Gasteiger partial charge in [0, 0.05) is 29.9 Å². The maximum absolute atomic E-state index is 12.5. The fourth-order valence-electron chi connectivity index (χ4n) is 2.76. The van der Waals surface area contributed by atoms with Gasteiger partial charge in [-0.3, -0.25) is 9.69 Å². The Morgan fingerprint density at radius 1 is 1.24 bits per heavy atom. The number of aromatic nitrogens is 1. The van der Waals surface area contributed by atoms with E-state index in [0.29, 0.717) is 41.6 Å². The van der Waals surface area contributed by atoms with E-state index in [4.69, 9.17) is 9.15 Å². The number of benzene rings is 2. The van der Waals surface area contributed by atoms with E-state index < -0.39 is 6.09 Å². The van der Waals surface area contributed by atoms with Gasteiger partial charge >= 0.3 is 6.09 Å². The van der Waals surface area contributed by atoms with Gasteiger partial charge in [0.05, 0.1) is 6.54 Å². The Balaban J connectivity index is 1.56. The molecule has 0 aliphatic carbocycles. The van der Waals surface area contributed by atoms with Crippen LogP contribution in [-0.2, 0) is 4.74 Å². The van der Waals surface area contributed by atoms with Crippen molar-refractivity contribution in [2.45, 2.75) is 6.92 Å². The summed E-state index contributed by atoms with van der Waals surface area (Å²) < 4.78 is 10.4. The average molecular weight is 337 g/mol. The van der Waals surface area contributed by atoms with Crippen LogP contribution in [0, 0.1) is 6.92 Å². The summed E-state index contributed by atoms with van der Waals surface area (Å²) in [7, 11) is 0. The SMILES string of the molecule is Cc1nc2ccc(NC(=O)c3cccc(N4CCOC4=O)c3)cc2o1. The lowest BCUT2D eigenvalue weighted by Crippen LogP contribution is -2.23. The zero-order chi connectivity index (χ0) is 17.4. The van der Waals surface area contributed by atoms with Gasteiger partial charge in [0.1, 0.15) is 12.1 Å². The fourth-order valence-corrected chi connectivity index (χ4v) is 2.76. The second-order valence-electron chi connectivity index (χ2n) is 5.69. The number of hydrogen-bond acceptors (Lipinski definition) is 5. The Hall–Kier alpha value is -3.35. The number of hydrogen-bond donors (Lipinski definition) is 1. The summed E-state index contributed by atoms with van der Waals surface area (Å²) in [5, 5.41) is 2.83. The van der Waals surface area contributed by atoms with Crippen molar-refractivity contribution in [1.82, 2.24) is 4.98 Å². The van der Waals surface area contributed by atoms with E-state index in [-0.39, 0.29) is 5.91 Å². The first kappa shape index (κ1) is 15.2. The first-order valence-electron chi connectivity index (χ1n) is 7.83. The lowest BCUT2D eigenvalue weighted by Gasteiger charge is -2.13. The van der Waals surface area contributed by atoms with Crippen LogP contribution in [0.5, 0.6) is 0 Å². The van der Waals surface area contributed by atoms with Crippen molar-refractivity contribution >= 4 is 34.5 Å². The highest BCUT2D eigenvalue weighted by Crippen LogP contribution is 2.22. The quantitative estimate of drug-likeness (QED) is 0.792.